The third-order valence-corrected chi connectivity index (χ3v) is 3.03. The lowest BCUT2D eigenvalue weighted by atomic mass is 10.0. The fourth-order valence-electron chi connectivity index (χ4n) is 1.84. The highest BCUT2D eigenvalue weighted by Crippen LogP contribution is 2.13. The van der Waals surface area contributed by atoms with Crippen LogP contribution in [0.15, 0.2) is 12.4 Å². The first-order valence-corrected chi connectivity index (χ1v) is 5.98. The second-order valence-electron chi connectivity index (χ2n) is 4.02. The molecule has 1 atom stereocenters. The van der Waals surface area contributed by atoms with Crippen LogP contribution in [0.3, 0.4) is 0 Å². The van der Waals surface area contributed by atoms with Crippen LogP contribution in [0, 0.1) is 5.92 Å². The molecule has 4 nitrogen and oxygen atoms in total. The molecule has 2 heterocycles. The summed E-state index contributed by atoms with van der Waals surface area (Å²) in [5, 5.41) is 3.80. The van der Waals surface area contributed by atoms with Crippen LogP contribution in [0.4, 0.5) is 0 Å². The molecule has 1 aliphatic heterocycles. The van der Waals surface area contributed by atoms with Gasteiger partial charge in [-0.3, -0.25) is 4.98 Å². The van der Waals surface area contributed by atoms with Gasteiger partial charge in [-0.25, -0.2) is 4.98 Å². The smallest absolute Gasteiger partial charge is 0.152 e. The number of nitrogens with zero attached hydrogens (tertiary/aromatic N) is 2. The zero-order chi connectivity index (χ0) is 11.2. The first kappa shape index (κ1) is 11.8. The van der Waals surface area contributed by atoms with E-state index in [4.69, 9.17) is 16.3 Å². The topological polar surface area (TPSA) is 47.0 Å². The van der Waals surface area contributed by atoms with E-state index in [2.05, 4.69) is 15.3 Å². The Balaban J connectivity index is 1.73. The summed E-state index contributed by atoms with van der Waals surface area (Å²) in [7, 11) is 0. The van der Waals surface area contributed by atoms with Crippen molar-refractivity contribution in [1.82, 2.24) is 15.3 Å². The number of halogens is 1. The number of hydrogen-bond donors (Lipinski definition) is 1. The Labute approximate surface area is 100 Å². The fourth-order valence-corrected chi connectivity index (χ4v) is 1.99. The lowest BCUT2D eigenvalue weighted by molar-refractivity contribution is 0.0762. The summed E-state index contributed by atoms with van der Waals surface area (Å²) in [6, 6.07) is 0. The lowest BCUT2D eigenvalue weighted by Gasteiger charge is -2.22. The molecule has 0 amide bonds. The van der Waals surface area contributed by atoms with Crippen molar-refractivity contribution >= 4 is 11.6 Å². The van der Waals surface area contributed by atoms with Crippen molar-refractivity contribution in [3.05, 3.63) is 23.2 Å². The maximum Gasteiger partial charge on any atom is 0.152 e. The summed E-state index contributed by atoms with van der Waals surface area (Å²) in [5.74, 6) is 0.615. The Morgan fingerprint density at radius 3 is 3.06 bits per heavy atom. The van der Waals surface area contributed by atoms with Gasteiger partial charge in [-0.15, -0.1) is 0 Å². The summed E-state index contributed by atoms with van der Waals surface area (Å²) in [4.78, 5) is 8.08. The summed E-state index contributed by atoms with van der Waals surface area (Å²) in [6.07, 6.45) is 5.69. The SMILES string of the molecule is Clc1nccnc1COC[C@@H]1CCCNC1. The molecule has 88 valence electrons. The van der Waals surface area contributed by atoms with Crippen molar-refractivity contribution in [1.29, 1.82) is 0 Å². The van der Waals surface area contributed by atoms with Gasteiger partial charge in [0.1, 0.15) is 5.69 Å². The maximum absolute atomic E-state index is 5.88. The van der Waals surface area contributed by atoms with Crippen molar-refractivity contribution in [2.75, 3.05) is 19.7 Å². The van der Waals surface area contributed by atoms with E-state index in [1.54, 1.807) is 12.4 Å². The quantitative estimate of drug-likeness (QED) is 0.871. The molecule has 1 aromatic rings. The molecule has 0 saturated carbocycles. The van der Waals surface area contributed by atoms with Gasteiger partial charge in [0, 0.05) is 18.9 Å². The summed E-state index contributed by atoms with van der Waals surface area (Å²) >= 11 is 5.88. The van der Waals surface area contributed by atoms with Gasteiger partial charge in [-0.1, -0.05) is 11.6 Å². The number of rotatable bonds is 4. The number of nitrogens with one attached hydrogen (secondary N) is 1. The van der Waals surface area contributed by atoms with Gasteiger partial charge < -0.3 is 10.1 Å². The highest BCUT2D eigenvalue weighted by molar-refractivity contribution is 6.29. The average molecular weight is 242 g/mol. The van der Waals surface area contributed by atoms with Gasteiger partial charge in [0.05, 0.1) is 13.2 Å². The van der Waals surface area contributed by atoms with E-state index in [9.17, 15) is 0 Å². The van der Waals surface area contributed by atoms with Crippen LogP contribution >= 0.6 is 11.6 Å². The zero-order valence-electron chi connectivity index (χ0n) is 9.16. The minimum atomic E-state index is 0.435. The van der Waals surface area contributed by atoms with Crippen LogP contribution in [0.5, 0.6) is 0 Å². The molecule has 1 aromatic heterocycles. The van der Waals surface area contributed by atoms with Gasteiger partial charge in [0.15, 0.2) is 5.15 Å². The highest BCUT2D eigenvalue weighted by atomic mass is 35.5. The van der Waals surface area contributed by atoms with Crippen LogP contribution in [0.25, 0.3) is 0 Å². The van der Waals surface area contributed by atoms with E-state index < -0.39 is 0 Å². The summed E-state index contributed by atoms with van der Waals surface area (Å²) < 4.78 is 5.61. The molecule has 0 aromatic carbocycles. The lowest BCUT2D eigenvalue weighted by Crippen LogP contribution is -2.32. The summed E-state index contributed by atoms with van der Waals surface area (Å²) in [6.45, 7) is 3.39. The largest absolute Gasteiger partial charge is 0.375 e. The van der Waals surface area contributed by atoms with Crippen molar-refractivity contribution < 1.29 is 4.74 Å². The van der Waals surface area contributed by atoms with Crippen LogP contribution in [0.1, 0.15) is 18.5 Å². The van der Waals surface area contributed by atoms with Gasteiger partial charge in [0.25, 0.3) is 0 Å². The number of aromatic nitrogens is 2. The van der Waals surface area contributed by atoms with E-state index in [0.717, 1.165) is 19.7 Å². The molecule has 5 heteroatoms. The van der Waals surface area contributed by atoms with E-state index in [1.165, 1.54) is 12.8 Å². The first-order valence-electron chi connectivity index (χ1n) is 5.60. The Kier molecular flexibility index (Phi) is 4.51. The Bertz CT molecular complexity index is 329. The van der Waals surface area contributed by atoms with E-state index in [0.29, 0.717) is 23.4 Å². The molecule has 0 radical (unpaired) electrons. The minimum absolute atomic E-state index is 0.435. The standard InChI is InChI=1S/C11H16ClN3O/c12-11-10(14-4-5-15-11)8-16-7-9-2-1-3-13-6-9/h4-5,9,13H,1-3,6-8H2/t9-/m1/s1. The van der Waals surface area contributed by atoms with Crippen LogP contribution < -0.4 is 5.32 Å². The molecule has 1 fully saturated rings. The van der Waals surface area contributed by atoms with E-state index >= 15 is 0 Å². The highest BCUT2D eigenvalue weighted by Gasteiger charge is 2.13. The molecular weight excluding hydrogens is 226 g/mol. The van der Waals surface area contributed by atoms with E-state index in [-0.39, 0.29) is 0 Å². The molecule has 0 unspecified atom stereocenters. The zero-order valence-corrected chi connectivity index (χ0v) is 9.91. The predicted molar refractivity (Wildman–Crippen MR) is 62.3 cm³/mol. The third kappa shape index (κ3) is 3.40. The molecule has 0 aliphatic carbocycles. The molecule has 16 heavy (non-hydrogen) atoms. The van der Waals surface area contributed by atoms with Crippen molar-refractivity contribution in [2.24, 2.45) is 5.92 Å². The monoisotopic (exact) mass is 241 g/mol. The maximum atomic E-state index is 5.88. The van der Waals surface area contributed by atoms with Crippen molar-refractivity contribution in [3.8, 4) is 0 Å². The van der Waals surface area contributed by atoms with Gasteiger partial charge in [-0.05, 0) is 25.3 Å². The Hall–Kier alpha value is -0.710. The van der Waals surface area contributed by atoms with Crippen LogP contribution in [-0.2, 0) is 11.3 Å². The number of hydrogen-bond acceptors (Lipinski definition) is 4. The Morgan fingerprint density at radius 2 is 2.31 bits per heavy atom. The van der Waals surface area contributed by atoms with E-state index in [1.807, 2.05) is 0 Å². The van der Waals surface area contributed by atoms with Crippen LogP contribution in [-0.4, -0.2) is 29.7 Å². The predicted octanol–water partition coefficient (Wildman–Crippen LogP) is 1.65. The molecule has 0 bridgehead atoms. The summed E-state index contributed by atoms with van der Waals surface area (Å²) in [5.41, 5.74) is 0.716. The van der Waals surface area contributed by atoms with Gasteiger partial charge >= 0.3 is 0 Å². The molecule has 0 spiro atoms. The molecular formula is C11H16ClN3O. The normalized spacial score (nSPS) is 20.9. The van der Waals surface area contributed by atoms with Crippen molar-refractivity contribution in [2.45, 2.75) is 19.4 Å². The molecule has 1 saturated heterocycles. The number of ether oxygens (including phenoxy) is 1. The number of piperidine rings is 1. The minimum Gasteiger partial charge on any atom is -0.375 e. The fraction of sp³-hybridized carbons (Fsp3) is 0.636. The van der Waals surface area contributed by atoms with Crippen molar-refractivity contribution in [3.63, 3.8) is 0 Å². The Morgan fingerprint density at radius 1 is 1.44 bits per heavy atom. The van der Waals surface area contributed by atoms with Crippen LogP contribution in [0.2, 0.25) is 5.15 Å². The average Bonchev–Trinajstić information content (AvgIpc) is 2.33. The first-order chi connectivity index (χ1) is 7.86. The van der Waals surface area contributed by atoms with Gasteiger partial charge in [-0.2, -0.15) is 0 Å². The molecule has 2 rings (SSSR count). The van der Waals surface area contributed by atoms with Gasteiger partial charge in [0.2, 0.25) is 0 Å². The molecule has 1 aliphatic rings. The second-order valence-corrected chi connectivity index (χ2v) is 4.38. The third-order valence-electron chi connectivity index (χ3n) is 2.71. The molecule has 1 N–H and O–H groups in total. The second kappa shape index (κ2) is 6.13.